The van der Waals surface area contributed by atoms with Gasteiger partial charge in [0.25, 0.3) is 10.0 Å². The Morgan fingerprint density at radius 2 is 1.70 bits per heavy atom. The number of benzene rings is 2. The van der Waals surface area contributed by atoms with E-state index in [1.807, 2.05) is 26.0 Å². The average molecular weight is 349 g/mol. The summed E-state index contributed by atoms with van der Waals surface area (Å²) < 4.78 is 26.8. The number of hydrogen-bond donors (Lipinski definition) is 0. The van der Waals surface area contributed by atoms with Crippen LogP contribution in [0.1, 0.15) is 24.5 Å². The van der Waals surface area contributed by atoms with E-state index in [0.717, 1.165) is 16.8 Å². The monoisotopic (exact) mass is 348 g/mol. The first-order chi connectivity index (χ1) is 10.9. The predicted molar refractivity (Wildman–Crippen MR) is 92.3 cm³/mol. The molecule has 0 radical (unpaired) electrons. The predicted octanol–water partition coefficient (Wildman–Crippen LogP) is 3.84. The zero-order valence-electron chi connectivity index (χ0n) is 12.9. The molecule has 4 nitrogen and oxygen atoms in total. The zero-order chi connectivity index (χ0) is 16.6. The van der Waals surface area contributed by atoms with E-state index in [4.69, 9.17) is 11.6 Å². The minimum Gasteiger partial charge on any atom is -0.200 e. The van der Waals surface area contributed by atoms with Crippen molar-refractivity contribution in [3.8, 4) is 0 Å². The van der Waals surface area contributed by atoms with Gasteiger partial charge in [-0.3, -0.25) is 0 Å². The summed E-state index contributed by atoms with van der Waals surface area (Å²) in [6, 6.07) is 13.9. The average Bonchev–Trinajstić information content (AvgIpc) is 2.91. The molecule has 120 valence electrons. The Morgan fingerprint density at radius 3 is 2.30 bits per heavy atom. The summed E-state index contributed by atoms with van der Waals surface area (Å²) >= 11 is 5.89. The first kappa shape index (κ1) is 16.0. The summed E-state index contributed by atoms with van der Waals surface area (Å²) in [5, 5.41) is 5.00. The molecule has 23 heavy (non-hydrogen) atoms. The van der Waals surface area contributed by atoms with Gasteiger partial charge >= 0.3 is 0 Å². The minimum absolute atomic E-state index is 0.216. The molecule has 0 aliphatic carbocycles. The lowest BCUT2D eigenvalue weighted by Gasteiger charge is -2.19. The van der Waals surface area contributed by atoms with Gasteiger partial charge in [-0.25, -0.2) is 0 Å². The molecule has 6 heteroatoms. The van der Waals surface area contributed by atoms with E-state index in [0.29, 0.717) is 11.4 Å². The van der Waals surface area contributed by atoms with E-state index in [-0.39, 0.29) is 10.9 Å². The Hall–Kier alpha value is -1.85. The van der Waals surface area contributed by atoms with Crippen molar-refractivity contribution in [1.82, 2.24) is 4.41 Å². The van der Waals surface area contributed by atoms with Crippen molar-refractivity contribution in [2.45, 2.75) is 31.2 Å². The highest BCUT2D eigenvalue weighted by molar-refractivity contribution is 7.89. The summed E-state index contributed by atoms with van der Waals surface area (Å²) in [4.78, 5) is 0.260. The van der Waals surface area contributed by atoms with Crippen LogP contribution in [0.3, 0.4) is 0 Å². The van der Waals surface area contributed by atoms with Crippen LogP contribution in [0, 0.1) is 6.92 Å². The van der Waals surface area contributed by atoms with Crippen molar-refractivity contribution >= 4 is 27.3 Å². The summed E-state index contributed by atoms with van der Waals surface area (Å²) in [5.74, 6) is 0. The third-order valence-electron chi connectivity index (χ3n) is 3.83. The van der Waals surface area contributed by atoms with Gasteiger partial charge in [0.15, 0.2) is 0 Å². The van der Waals surface area contributed by atoms with E-state index in [9.17, 15) is 8.42 Å². The summed E-state index contributed by atoms with van der Waals surface area (Å²) in [6.07, 6.45) is 0.576. The van der Waals surface area contributed by atoms with Crippen LogP contribution in [0.4, 0.5) is 0 Å². The molecule has 1 aliphatic heterocycles. The van der Waals surface area contributed by atoms with Crippen molar-refractivity contribution in [2.24, 2.45) is 5.10 Å². The maximum Gasteiger partial charge on any atom is 0.279 e. The second-order valence-corrected chi connectivity index (χ2v) is 7.93. The van der Waals surface area contributed by atoms with Crippen LogP contribution in [-0.4, -0.2) is 24.6 Å². The van der Waals surface area contributed by atoms with Gasteiger partial charge in [-0.2, -0.15) is 17.9 Å². The minimum atomic E-state index is -3.63. The quantitative estimate of drug-likeness (QED) is 0.846. The number of sulfonamides is 1. The first-order valence-corrected chi connectivity index (χ1v) is 9.14. The highest BCUT2D eigenvalue weighted by Gasteiger charge is 2.33. The molecule has 1 heterocycles. The van der Waals surface area contributed by atoms with E-state index >= 15 is 0 Å². The molecule has 1 atom stereocenters. The SMILES string of the molecule is Cc1ccc(S(=O)(=O)N2N=C(c3ccc(Cl)cc3)CC2C)cc1. The van der Waals surface area contributed by atoms with E-state index < -0.39 is 10.0 Å². The zero-order valence-corrected chi connectivity index (χ0v) is 14.5. The van der Waals surface area contributed by atoms with E-state index in [2.05, 4.69) is 5.10 Å². The Morgan fingerprint density at radius 1 is 1.09 bits per heavy atom. The van der Waals surface area contributed by atoms with Crippen molar-refractivity contribution in [3.05, 3.63) is 64.7 Å². The molecule has 0 N–H and O–H groups in total. The standard InChI is InChI=1S/C17H17ClN2O2S/c1-12-3-9-16(10-4-12)23(21,22)20-13(2)11-17(19-20)14-5-7-15(18)8-6-14/h3-10,13H,11H2,1-2H3. The number of hydrogen-bond acceptors (Lipinski definition) is 3. The summed E-state index contributed by atoms with van der Waals surface area (Å²) in [7, 11) is -3.63. The molecule has 2 aromatic rings. The largest absolute Gasteiger partial charge is 0.279 e. The Balaban J connectivity index is 1.96. The number of nitrogens with zero attached hydrogens (tertiary/aromatic N) is 2. The Labute approximate surface area is 141 Å². The number of halogens is 1. The fourth-order valence-corrected chi connectivity index (χ4v) is 4.12. The molecule has 0 amide bonds. The van der Waals surface area contributed by atoms with Crippen molar-refractivity contribution in [3.63, 3.8) is 0 Å². The lowest BCUT2D eigenvalue weighted by Crippen LogP contribution is -2.30. The molecule has 1 aliphatic rings. The fraction of sp³-hybridized carbons (Fsp3) is 0.235. The highest BCUT2D eigenvalue weighted by atomic mass is 35.5. The molecule has 0 bridgehead atoms. The Bertz CT molecular complexity index is 843. The van der Waals surface area contributed by atoms with Gasteiger partial charge in [0.1, 0.15) is 0 Å². The summed E-state index contributed by atoms with van der Waals surface area (Å²) in [5.41, 5.74) is 2.66. The lowest BCUT2D eigenvalue weighted by atomic mass is 10.1. The molecular weight excluding hydrogens is 332 g/mol. The smallest absolute Gasteiger partial charge is 0.200 e. The topological polar surface area (TPSA) is 49.7 Å². The van der Waals surface area contributed by atoms with Crippen molar-refractivity contribution < 1.29 is 8.42 Å². The summed E-state index contributed by atoms with van der Waals surface area (Å²) in [6.45, 7) is 3.78. The second-order valence-electron chi connectivity index (χ2n) is 5.70. The van der Waals surface area contributed by atoms with Crippen molar-refractivity contribution in [2.75, 3.05) is 0 Å². The fourth-order valence-electron chi connectivity index (χ4n) is 2.54. The van der Waals surface area contributed by atoms with Gasteiger partial charge in [-0.15, -0.1) is 0 Å². The second kappa shape index (κ2) is 5.98. The van der Waals surface area contributed by atoms with E-state index in [1.165, 1.54) is 4.41 Å². The van der Waals surface area contributed by atoms with Gasteiger partial charge in [0, 0.05) is 11.4 Å². The number of rotatable bonds is 3. The third kappa shape index (κ3) is 3.12. The van der Waals surface area contributed by atoms with Crippen LogP contribution in [0.25, 0.3) is 0 Å². The van der Waals surface area contributed by atoms with Crippen LogP contribution in [-0.2, 0) is 10.0 Å². The van der Waals surface area contributed by atoms with Crippen LogP contribution in [0.5, 0.6) is 0 Å². The molecule has 0 fully saturated rings. The van der Waals surface area contributed by atoms with E-state index in [1.54, 1.807) is 36.4 Å². The molecule has 0 spiro atoms. The maximum absolute atomic E-state index is 12.8. The van der Waals surface area contributed by atoms with Gasteiger partial charge in [0.2, 0.25) is 0 Å². The van der Waals surface area contributed by atoms with Crippen molar-refractivity contribution in [1.29, 1.82) is 0 Å². The maximum atomic E-state index is 12.8. The normalized spacial score (nSPS) is 18.1. The molecule has 2 aromatic carbocycles. The van der Waals surface area contributed by atoms with Crippen LogP contribution < -0.4 is 0 Å². The molecule has 3 rings (SSSR count). The molecular formula is C17H17ClN2O2S. The van der Waals surface area contributed by atoms with Crippen LogP contribution in [0.15, 0.2) is 58.5 Å². The number of aryl methyl sites for hydroxylation is 1. The molecule has 1 unspecified atom stereocenters. The van der Waals surface area contributed by atoms with Crippen LogP contribution >= 0.6 is 11.6 Å². The Kier molecular flexibility index (Phi) is 4.17. The molecule has 0 saturated carbocycles. The van der Waals surface area contributed by atoms with Crippen LogP contribution in [0.2, 0.25) is 5.02 Å². The number of hydrazone groups is 1. The van der Waals surface area contributed by atoms with Gasteiger partial charge < -0.3 is 0 Å². The highest BCUT2D eigenvalue weighted by Crippen LogP contribution is 2.27. The lowest BCUT2D eigenvalue weighted by molar-refractivity contribution is 0.384. The molecule has 0 saturated heterocycles. The van der Waals surface area contributed by atoms with Gasteiger partial charge in [-0.05, 0) is 43.7 Å². The van der Waals surface area contributed by atoms with Gasteiger partial charge in [0.05, 0.1) is 16.6 Å². The molecule has 0 aromatic heterocycles. The third-order valence-corrected chi connectivity index (χ3v) is 5.88. The first-order valence-electron chi connectivity index (χ1n) is 7.32. The van der Waals surface area contributed by atoms with Gasteiger partial charge in [-0.1, -0.05) is 41.4 Å².